The number of aromatic nitrogens is 2. The van der Waals surface area contributed by atoms with Crippen LogP contribution in [-0.4, -0.2) is 23.1 Å². The van der Waals surface area contributed by atoms with Gasteiger partial charge in [-0.3, -0.25) is 0 Å². The first-order valence-electron chi connectivity index (χ1n) is 5.68. The third-order valence-corrected chi connectivity index (χ3v) is 3.17. The quantitative estimate of drug-likeness (QED) is 0.780. The average Bonchev–Trinajstić information content (AvgIpc) is 2.83. The van der Waals surface area contributed by atoms with Gasteiger partial charge in [0.25, 0.3) is 0 Å². The molecule has 0 spiro atoms. The molecule has 1 aromatic carbocycles. The molecule has 4 nitrogen and oxygen atoms in total. The lowest BCUT2D eigenvalue weighted by Crippen LogP contribution is -2.11. The van der Waals surface area contributed by atoms with Gasteiger partial charge in [-0.2, -0.15) is 0 Å². The molecule has 0 aliphatic carbocycles. The van der Waals surface area contributed by atoms with Gasteiger partial charge in [-0.25, -0.2) is 14.4 Å². The van der Waals surface area contributed by atoms with E-state index in [0.717, 1.165) is 30.6 Å². The minimum atomic E-state index is -0.344. The van der Waals surface area contributed by atoms with Gasteiger partial charge in [-0.05, 0) is 19.0 Å². The zero-order valence-corrected chi connectivity index (χ0v) is 9.28. The van der Waals surface area contributed by atoms with Crippen LogP contribution in [0.3, 0.4) is 0 Å². The first kappa shape index (κ1) is 10.4. The highest BCUT2D eigenvalue weighted by molar-refractivity contribution is 5.82. The number of halogens is 1. The van der Waals surface area contributed by atoms with Crippen LogP contribution in [0.2, 0.25) is 0 Å². The topological polar surface area (TPSA) is 63.8 Å². The Kier molecular flexibility index (Phi) is 2.40. The summed E-state index contributed by atoms with van der Waals surface area (Å²) in [6.45, 7) is 1.83. The molecule has 2 heterocycles. The number of nitrogens with zero attached hydrogens (tertiary/aromatic N) is 2. The highest BCUT2D eigenvalue weighted by atomic mass is 19.1. The number of nitrogen functional groups attached to an aromatic ring is 1. The van der Waals surface area contributed by atoms with Crippen molar-refractivity contribution >= 4 is 16.9 Å². The van der Waals surface area contributed by atoms with Gasteiger partial charge in [-0.15, -0.1) is 0 Å². The summed E-state index contributed by atoms with van der Waals surface area (Å²) in [6, 6.07) is 4.93. The van der Waals surface area contributed by atoms with Gasteiger partial charge in [0.2, 0.25) is 5.95 Å². The van der Waals surface area contributed by atoms with Gasteiger partial charge in [0.1, 0.15) is 11.3 Å². The van der Waals surface area contributed by atoms with E-state index in [1.807, 2.05) is 6.07 Å². The normalized spacial score (nSPS) is 19.9. The molecule has 1 saturated heterocycles. The maximum atomic E-state index is 13.7. The van der Waals surface area contributed by atoms with E-state index in [0.29, 0.717) is 11.4 Å². The number of benzene rings is 1. The van der Waals surface area contributed by atoms with Crippen LogP contribution in [0.25, 0.3) is 10.9 Å². The van der Waals surface area contributed by atoms with E-state index in [-0.39, 0.29) is 11.8 Å². The number of nitrogens with two attached hydrogens (primary N) is 1. The molecule has 0 saturated carbocycles. The lowest BCUT2D eigenvalue weighted by molar-refractivity contribution is 0.635. The van der Waals surface area contributed by atoms with Gasteiger partial charge in [0.05, 0.1) is 5.69 Å². The third-order valence-electron chi connectivity index (χ3n) is 3.17. The highest BCUT2D eigenvalue weighted by Crippen LogP contribution is 2.28. The molecule has 17 heavy (non-hydrogen) atoms. The number of anilines is 1. The number of fused-ring (bicyclic) bond motifs is 1. The van der Waals surface area contributed by atoms with Crippen molar-refractivity contribution in [2.75, 3.05) is 18.8 Å². The summed E-state index contributed by atoms with van der Waals surface area (Å²) in [5.41, 5.74) is 6.83. The Morgan fingerprint density at radius 1 is 1.35 bits per heavy atom. The Morgan fingerprint density at radius 2 is 2.24 bits per heavy atom. The molecular formula is C12H13FN4. The van der Waals surface area contributed by atoms with Crippen LogP contribution in [0.4, 0.5) is 10.3 Å². The predicted octanol–water partition coefficient (Wildman–Crippen LogP) is 1.43. The summed E-state index contributed by atoms with van der Waals surface area (Å²) < 4.78 is 13.7. The van der Waals surface area contributed by atoms with E-state index in [1.54, 1.807) is 6.07 Å². The molecule has 1 aliphatic rings. The van der Waals surface area contributed by atoms with Crippen molar-refractivity contribution in [3.05, 3.63) is 29.7 Å². The number of hydrogen-bond acceptors (Lipinski definition) is 4. The molecule has 3 rings (SSSR count). The molecule has 1 atom stereocenters. The standard InChI is InChI=1S/C12H13FN4/c13-9-3-1-2-8-10(7-4-5-15-6-7)16-12(14)17-11(8)9/h1-3,7,15H,4-6H2,(H2,14,16,17). The largest absolute Gasteiger partial charge is 0.368 e. The lowest BCUT2D eigenvalue weighted by Gasteiger charge is -2.11. The Balaban J connectivity index is 2.25. The predicted molar refractivity (Wildman–Crippen MR) is 64.1 cm³/mol. The maximum Gasteiger partial charge on any atom is 0.220 e. The molecule has 1 fully saturated rings. The summed E-state index contributed by atoms with van der Waals surface area (Å²) in [4.78, 5) is 8.26. The molecule has 0 radical (unpaired) electrons. The van der Waals surface area contributed by atoms with Gasteiger partial charge in [-0.1, -0.05) is 12.1 Å². The molecule has 5 heteroatoms. The van der Waals surface area contributed by atoms with Crippen molar-refractivity contribution in [3.8, 4) is 0 Å². The van der Waals surface area contributed by atoms with Crippen LogP contribution in [0.15, 0.2) is 18.2 Å². The molecule has 1 unspecified atom stereocenters. The van der Waals surface area contributed by atoms with Crippen molar-refractivity contribution in [3.63, 3.8) is 0 Å². The molecule has 2 aromatic rings. The Hall–Kier alpha value is -1.75. The number of para-hydroxylation sites is 1. The molecule has 0 amide bonds. The van der Waals surface area contributed by atoms with E-state index < -0.39 is 0 Å². The summed E-state index contributed by atoms with van der Waals surface area (Å²) in [6.07, 6.45) is 1.00. The van der Waals surface area contributed by atoms with E-state index in [2.05, 4.69) is 15.3 Å². The fourth-order valence-corrected chi connectivity index (χ4v) is 2.36. The molecule has 1 aromatic heterocycles. The van der Waals surface area contributed by atoms with Crippen LogP contribution >= 0.6 is 0 Å². The van der Waals surface area contributed by atoms with Crippen molar-refractivity contribution in [1.82, 2.24) is 15.3 Å². The Bertz CT molecular complexity index is 564. The number of rotatable bonds is 1. The fraction of sp³-hybridized carbons (Fsp3) is 0.333. The smallest absolute Gasteiger partial charge is 0.220 e. The molecule has 88 valence electrons. The monoisotopic (exact) mass is 232 g/mol. The average molecular weight is 232 g/mol. The first-order chi connectivity index (χ1) is 8.25. The summed E-state index contributed by atoms with van der Waals surface area (Å²) in [7, 11) is 0. The van der Waals surface area contributed by atoms with Crippen molar-refractivity contribution in [1.29, 1.82) is 0 Å². The fourth-order valence-electron chi connectivity index (χ4n) is 2.36. The molecule has 1 aliphatic heterocycles. The van der Waals surface area contributed by atoms with E-state index in [4.69, 9.17) is 5.73 Å². The van der Waals surface area contributed by atoms with Crippen LogP contribution < -0.4 is 11.1 Å². The van der Waals surface area contributed by atoms with Gasteiger partial charge in [0, 0.05) is 17.8 Å². The van der Waals surface area contributed by atoms with Crippen molar-refractivity contribution < 1.29 is 4.39 Å². The van der Waals surface area contributed by atoms with E-state index in [1.165, 1.54) is 6.07 Å². The Morgan fingerprint density at radius 3 is 3.00 bits per heavy atom. The maximum absolute atomic E-state index is 13.7. The first-order valence-corrected chi connectivity index (χ1v) is 5.68. The zero-order chi connectivity index (χ0) is 11.8. The summed E-state index contributed by atoms with van der Waals surface area (Å²) in [5.74, 6) is 0.0953. The van der Waals surface area contributed by atoms with Gasteiger partial charge < -0.3 is 11.1 Å². The van der Waals surface area contributed by atoms with Gasteiger partial charge in [0.15, 0.2) is 0 Å². The second-order valence-electron chi connectivity index (χ2n) is 4.29. The number of hydrogen-bond donors (Lipinski definition) is 2. The molecule has 3 N–H and O–H groups in total. The SMILES string of the molecule is Nc1nc(C2CCNC2)c2cccc(F)c2n1. The van der Waals surface area contributed by atoms with E-state index >= 15 is 0 Å². The zero-order valence-electron chi connectivity index (χ0n) is 9.28. The highest BCUT2D eigenvalue weighted by Gasteiger charge is 2.21. The van der Waals surface area contributed by atoms with Gasteiger partial charge >= 0.3 is 0 Å². The van der Waals surface area contributed by atoms with Crippen molar-refractivity contribution in [2.45, 2.75) is 12.3 Å². The molecular weight excluding hydrogens is 219 g/mol. The minimum absolute atomic E-state index is 0.143. The minimum Gasteiger partial charge on any atom is -0.368 e. The summed E-state index contributed by atoms with van der Waals surface area (Å²) in [5, 5.41) is 4.05. The van der Waals surface area contributed by atoms with Crippen LogP contribution in [-0.2, 0) is 0 Å². The van der Waals surface area contributed by atoms with Crippen LogP contribution in [0.1, 0.15) is 18.0 Å². The molecule has 0 bridgehead atoms. The van der Waals surface area contributed by atoms with Crippen LogP contribution in [0, 0.1) is 5.82 Å². The van der Waals surface area contributed by atoms with Crippen molar-refractivity contribution in [2.24, 2.45) is 0 Å². The van der Waals surface area contributed by atoms with Crippen LogP contribution in [0.5, 0.6) is 0 Å². The lowest BCUT2D eigenvalue weighted by atomic mass is 10.00. The number of nitrogens with one attached hydrogen (secondary N) is 1. The summed E-state index contributed by atoms with van der Waals surface area (Å²) >= 11 is 0. The third kappa shape index (κ3) is 1.72. The second kappa shape index (κ2) is 3.92. The van der Waals surface area contributed by atoms with E-state index in [9.17, 15) is 4.39 Å². The second-order valence-corrected chi connectivity index (χ2v) is 4.29. The Labute approximate surface area is 98.1 Å².